The number of sulfonamides is 1. The monoisotopic (exact) mass is 372 g/mol. The number of rotatable bonds is 9. The van der Waals surface area contributed by atoms with Gasteiger partial charge >= 0.3 is 5.97 Å². The molecule has 0 heterocycles. The molecule has 1 aliphatic rings. The van der Waals surface area contributed by atoms with Gasteiger partial charge in [0.25, 0.3) is 5.91 Å². The van der Waals surface area contributed by atoms with Crippen molar-refractivity contribution in [3.63, 3.8) is 0 Å². The summed E-state index contributed by atoms with van der Waals surface area (Å²) in [5, 5.41) is 2.65. The van der Waals surface area contributed by atoms with E-state index >= 15 is 0 Å². The molecule has 0 aliphatic heterocycles. The predicted molar refractivity (Wildman–Crippen MR) is 86.9 cm³/mol. The van der Waals surface area contributed by atoms with Crippen molar-refractivity contribution < 1.29 is 32.2 Å². The molecule has 1 aromatic carbocycles. The van der Waals surface area contributed by atoms with Crippen molar-refractivity contribution in [1.82, 2.24) is 10.0 Å². The van der Waals surface area contributed by atoms with Crippen LogP contribution in [0.25, 0.3) is 0 Å². The minimum atomic E-state index is -4.03. The van der Waals surface area contributed by atoms with Gasteiger partial charge in [0, 0.05) is 12.1 Å². The lowest BCUT2D eigenvalue weighted by Crippen LogP contribution is -2.34. The van der Waals surface area contributed by atoms with E-state index in [1.54, 1.807) is 6.07 Å². The van der Waals surface area contributed by atoms with Crippen LogP contribution in [0.3, 0.4) is 0 Å². The fraction of sp³-hybridized carbons (Fsp3) is 0.467. The molecule has 0 aromatic heterocycles. The van der Waals surface area contributed by atoms with E-state index in [-0.39, 0.29) is 16.7 Å². The Labute approximate surface area is 145 Å². The summed E-state index contributed by atoms with van der Waals surface area (Å²) in [6.07, 6.45) is 1.84. The van der Waals surface area contributed by atoms with Crippen LogP contribution in [0.5, 0.6) is 11.5 Å². The number of amides is 1. The molecular weight excluding hydrogens is 352 g/mol. The van der Waals surface area contributed by atoms with Crippen LogP contribution >= 0.6 is 0 Å². The van der Waals surface area contributed by atoms with E-state index in [4.69, 9.17) is 14.2 Å². The number of hydrogen-bond acceptors (Lipinski definition) is 7. The molecule has 2 N–H and O–H groups in total. The molecule has 1 aliphatic carbocycles. The molecular formula is C15H20N2O7S. The van der Waals surface area contributed by atoms with Crippen LogP contribution in [-0.2, 0) is 24.3 Å². The van der Waals surface area contributed by atoms with Crippen molar-refractivity contribution >= 4 is 21.9 Å². The second-order valence-corrected chi connectivity index (χ2v) is 7.08. The van der Waals surface area contributed by atoms with E-state index in [0.29, 0.717) is 5.75 Å². The smallest absolute Gasteiger partial charge is 0.321 e. The molecule has 2 rings (SSSR count). The molecule has 1 aromatic rings. The van der Waals surface area contributed by atoms with Gasteiger partial charge in [0.15, 0.2) is 6.61 Å². The van der Waals surface area contributed by atoms with E-state index in [0.717, 1.165) is 12.8 Å². The zero-order valence-corrected chi connectivity index (χ0v) is 14.7. The highest BCUT2D eigenvalue weighted by Gasteiger charge is 2.24. The van der Waals surface area contributed by atoms with E-state index in [9.17, 15) is 18.0 Å². The first kappa shape index (κ1) is 19.0. The summed E-state index contributed by atoms with van der Waals surface area (Å²) in [7, 11) is -1.31. The molecule has 25 heavy (non-hydrogen) atoms. The zero-order chi connectivity index (χ0) is 18.4. The van der Waals surface area contributed by atoms with E-state index in [1.807, 2.05) is 0 Å². The number of carbonyl (C=O) groups is 2. The van der Waals surface area contributed by atoms with Crippen LogP contribution in [0.2, 0.25) is 0 Å². The van der Waals surface area contributed by atoms with Gasteiger partial charge in [0.2, 0.25) is 10.0 Å². The standard InChI is InChI=1S/C15H20N2O7S/c1-22-11-5-6-12(23-2)13(7-11)25(20,21)16-8-15(19)24-9-14(18)17-10-3-4-10/h5-7,10,16H,3-4,8-9H2,1-2H3,(H,17,18). The first-order valence-electron chi connectivity index (χ1n) is 7.52. The van der Waals surface area contributed by atoms with Crippen LogP contribution < -0.4 is 19.5 Å². The topological polar surface area (TPSA) is 120 Å². The van der Waals surface area contributed by atoms with Gasteiger partial charge in [-0.2, -0.15) is 4.72 Å². The zero-order valence-electron chi connectivity index (χ0n) is 13.9. The Bertz CT molecular complexity index is 744. The summed E-state index contributed by atoms with van der Waals surface area (Å²) in [5.41, 5.74) is 0. The van der Waals surface area contributed by atoms with Crippen LogP contribution in [0.1, 0.15) is 12.8 Å². The molecule has 1 fully saturated rings. The molecule has 10 heteroatoms. The highest BCUT2D eigenvalue weighted by Crippen LogP contribution is 2.27. The lowest BCUT2D eigenvalue weighted by Gasteiger charge is -2.12. The van der Waals surface area contributed by atoms with Gasteiger partial charge in [-0.15, -0.1) is 0 Å². The molecule has 1 saturated carbocycles. The molecule has 0 unspecified atom stereocenters. The molecule has 0 saturated heterocycles. The third kappa shape index (κ3) is 5.61. The summed E-state index contributed by atoms with van der Waals surface area (Å²) in [6.45, 7) is -1.06. The van der Waals surface area contributed by atoms with Crippen molar-refractivity contribution in [2.75, 3.05) is 27.4 Å². The first-order chi connectivity index (χ1) is 11.9. The van der Waals surface area contributed by atoms with Gasteiger partial charge < -0.3 is 19.5 Å². The van der Waals surface area contributed by atoms with Crippen LogP contribution in [0.4, 0.5) is 0 Å². The Morgan fingerprint density at radius 3 is 2.52 bits per heavy atom. The van der Waals surface area contributed by atoms with Gasteiger partial charge in [-0.3, -0.25) is 9.59 Å². The van der Waals surface area contributed by atoms with Gasteiger partial charge in [-0.05, 0) is 25.0 Å². The summed E-state index contributed by atoms with van der Waals surface area (Å²) < 4.78 is 41.5. The Morgan fingerprint density at radius 1 is 1.20 bits per heavy atom. The summed E-state index contributed by atoms with van der Waals surface area (Å²) in [6, 6.07) is 4.42. The number of benzene rings is 1. The van der Waals surface area contributed by atoms with Crippen molar-refractivity contribution in [3.8, 4) is 11.5 Å². The number of methoxy groups -OCH3 is 2. The normalized spacial score (nSPS) is 13.8. The van der Waals surface area contributed by atoms with Crippen LogP contribution in [0.15, 0.2) is 23.1 Å². The second-order valence-electron chi connectivity index (χ2n) is 5.34. The summed E-state index contributed by atoms with van der Waals surface area (Å²) in [4.78, 5) is 22.9. The van der Waals surface area contributed by atoms with E-state index in [2.05, 4.69) is 10.0 Å². The minimum absolute atomic E-state index is 0.102. The summed E-state index contributed by atoms with van der Waals surface area (Å²) >= 11 is 0. The summed E-state index contributed by atoms with van der Waals surface area (Å²) in [5.74, 6) is -0.851. The van der Waals surface area contributed by atoms with Crippen LogP contribution in [-0.4, -0.2) is 53.7 Å². The van der Waals surface area contributed by atoms with Crippen molar-refractivity contribution in [2.45, 2.75) is 23.8 Å². The van der Waals surface area contributed by atoms with E-state index in [1.165, 1.54) is 26.4 Å². The maximum absolute atomic E-state index is 12.3. The molecule has 0 atom stereocenters. The number of carbonyl (C=O) groups excluding carboxylic acids is 2. The maximum Gasteiger partial charge on any atom is 0.321 e. The van der Waals surface area contributed by atoms with Gasteiger partial charge in [-0.25, -0.2) is 8.42 Å². The highest BCUT2D eigenvalue weighted by atomic mass is 32.2. The average molecular weight is 372 g/mol. The van der Waals surface area contributed by atoms with Crippen molar-refractivity contribution in [2.24, 2.45) is 0 Å². The fourth-order valence-electron chi connectivity index (χ4n) is 1.92. The van der Waals surface area contributed by atoms with Gasteiger partial charge in [0.1, 0.15) is 22.9 Å². The quantitative estimate of drug-likeness (QED) is 0.576. The Morgan fingerprint density at radius 2 is 1.92 bits per heavy atom. The van der Waals surface area contributed by atoms with Gasteiger partial charge in [-0.1, -0.05) is 0 Å². The predicted octanol–water partition coefficient (Wildman–Crippen LogP) is -0.196. The molecule has 9 nitrogen and oxygen atoms in total. The van der Waals surface area contributed by atoms with Crippen molar-refractivity contribution in [1.29, 1.82) is 0 Å². The molecule has 1 amide bonds. The Hall–Kier alpha value is -2.33. The lowest BCUT2D eigenvalue weighted by molar-refractivity contribution is -0.147. The van der Waals surface area contributed by atoms with Crippen molar-refractivity contribution in [3.05, 3.63) is 18.2 Å². The Balaban J connectivity index is 1.91. The number of esters is 1. The fourth-order valence-corrected chi connectivity index (χ4v) is 3.07. The minimum Gasteiger partial charge on any atom is -0.497 e. The van der Waals surface area contributed by atoms with Crippen LogP contribution in [0, 0.1) is 0 Å². The molecule has 0 spiro atoms. The number of ether oxygens (including phenoxy) is 3. The maximum atomic E-state index is 12.3. The second kappa shape index (κ2) is 8.17. The lowest BCUT2D eigenvalue weighted by atomic mass is 10.3. The third-order valence-electron chi connectivity index (χ3n) is 3.37. The molecule has 0 radical (unpaired) electrons. The molecule has 0 bridgehead atoms. The van der Waals surface area contributed by atoms with Gasteiger partial charge in [0.05, 0.1) is 14.2 Å². The number of hydrogen-bond donors (Lipinski definition) is 2. The average Bonchev–Trinajstić information content (AvgIpc) is 3.41. The highest BCUT2D eigenvalue weighted by molar-refractivity contribution is 7.89. The van der Waals surface area contributed by atoms with E-state index < -0.39 is 35.1 Å². The first-order valence-corrected chi connectivity index (χ1v) is 9.00. The third-order valence-corrected chi connectivity index (χ3v) is 4.80. The SMILES string of the molecule is COc1ccc(OC)c(S(=O)(=O)NCC(=O)OCC(=O)NC2CC2)c1. The molecule has 138 valence electrons. The number of nitrogens with one attached hydrogen (secondary N) is 2. The Kier molecular flexibility index (Phi) is 6.21. The largest absolute Gasteiger partial charge is 0.497 e.